The molecule has 0 amide bonds. The summed E-state index contributed by atoms with van der Waals surface area (Å²) in [4.78, 5) is 21.8. The first-order valence-electron chi connectivity index (χ1n) is 7.99. The highest BCUT2D eigenvalue weighted by Crippen LogP contribution is 2.10. The largest absolute Gasteiger partial charge is 0.481 e. The van der Waals surface area contributed by atoms with Crippen LogP contribution in [-0.4, -0.2) is 23.7 Å². The number of carbonyl (C=O) groups excluding carboxylic acids is 1. The number of unbranched alkanes of at least 4 members (excludes halogenated alkanes) is 9. The van der Waals surface area contributed by atoms with Gasteiger partial charge in [-0.3, -0.25) is 9.59 Å². The zero-order valence-electron chi connectivity index (χ0n) is 13.0. The van der Waals surface area contributed by atoms with E-state index in [-0.39, 0.29) is 0 Å². The maximum absolute atomic E-state index is 11.2. The molecule has 0 radical (unpaired) electrons. The van der Waals surface area contributed by atoms with E-state index in [1.165, 1.54) is 58.3 Å². The fourth-order valence-corrected chi connectivity index (χ4v) is 1.99. The Morgan fingerprint density at radius 1 is 0.900 bits per heavy atom. The lowest BCUT2D eigenvalue weighted by Gasteiger charge is -2.07. The van der Waals surface area contributed by atoms with Crippen molar-refractivity contribution in [3.63, 3.8) is 0 Å². The van der Waals surface area contributed by atoms with Gasteiger partial charge < -0.3 is 9.84 Å². The summed E-state index contributed by atoms with van der Waals surface area (Å²) in [7, 11) is 0. The van der Waals surface area contributed by atoms with E-state index in [0.717, 1.165) is 12.8 Å². The van der Waals surface area contributed by atoms with Crippen LogP contribution in [0, 0.1) is 5.92 Å². The van der Waals surface area contributed by atoms with Gasteiger partial charge in [-0.15, -0.1) is 0 Å². The Labute approximate surface area is 122 Å². The lowest BCUT2D eigenvalue weighted by atomic mass is 10.1. The van der Waals surface area contributed by atoms with Gasteiger partial charge >= 0.3 is 11.9 Å². The van der Waals surface area contributed by atoms with Crippen molar-refractivity contribution in [1.82, 2.24) is 0 Å². The van der Waals surface area contributed by atoms with E-state index >= 15 is 0 Å². The number of carboxylic acids is 1. The molecule has 1 N–H and O–H groups in total. The van der Waals surface area contributed by atoms with E-state index < -0.39 is 17.9 Å². The molecule has 1 atom stereocenters. The molecule has 1 unspecified atom stereocenters. The summed E-state index contributed by atoms with van der Waals surface area (Å²) in [5, 5.41) is 8.63. The molecule has 0 saturated heterocycles. The normalized spacial score (nSPS) is 12.1. The van der Waals surface area contributed by atoms with Gasteiger partial charge in [-0.1, -0.05) is 64.7 Å². The van der Waals surface area contributed by atoms with Crippen LogP contribution in [0.15, 0.2) is 0 Å². The molecule has 0 aliphatic carbocycles. The molecule has 0 heterocycles. The molecule has 0 bridgehead atoms. The van der Waals surface area contributed by atoms with Crippen molar-refractivity contribution < 1.29 is 19.4 Å². The molecular formula is C16H30O4. The Morgan fingerprint density at radius 2 is 1.35 bits per heavy atom. The number of ether oxygens (including phenoxy) is 1. The third-order valence-corrected chi connectivity index (χ3v) is 3.47. The second-order valence-electron chi connectivity index (χ2n) is 5.41. The van der Waals surface area contributed by atoms with Crippen LogP contribution < -0.4 is 0 Å². The number of rotatable bonds is 13. The average molecular weight is 286 g/mol. The molecule has 0 aliphatic rings. The second kappa shape index (κ2) is 12.9. The summed E-state index contributed by atoms with van der Waals surface area (Å²) in [6, 6.07) is 0. The Kier molecular flexibility index (Phi) is 12.3. The first-order chi connectivity index (χ1) is 9.59. The highest BCUT2D eigenvalue weighted by molar-refractivity contribution is 5.93. The Morgan fingerprint density at radius 3 is 1.80 bits per heavy atom. The number of hydrogen-bond acceptors (Lipinski definition) is 3. The van der Waals surface area contributed by atoms with Gasteiger partial charge in [0.2, 0.25) is 0 Å². The standard InChI is InChI=1S/C16H30O4/c1-3-4-5-6-7-8-9-10-11-12-13-20-16(19)14(2)15(17)18/h14H,3-13H2,1-2H3,(H,17,18). The molecule has 20 heavy (non-hydrogen) atoms. The summed E-state index contributed by atoms with van der Waals surface area (Å²) in [5.74, 6) is -2.82. The molecule has 0 aliphatic heterocycles. The maximum Gasteiger partial charge on any atom is 0.320 e. The smallest absolute Gasteiger partial charge is 0.320 e. The topological polar surface area (TPSA) is 63.6 Å². The minimum atomic E-state index is -1.13. The van der Waals surface area contributed by atoms with Crippen LogP contribution in [0.4, 0.5) is 0 Å². The fraction of sp³-hybridized carbons (Fsp3) is 0.875. The molecule has 0 aromatic carbocycles. The lowest BCUT2D eigenvalue weighted by Crippen LogP contribution is -2.23. The Balaban J connectivity index is 3.24. The van der Waals surface area contributed by atoms with Crippen LogP contribution in [0.2, 0.25) is 0 Å². The maximum atomic E-state index is 11.2. The van der Waals surface area contributed by atoms with Crippen LogP contribution in [0.5, 0.6) is 0 Å². The van der Waals surface area contributed by atoms with Gasteiger partial charge in [0.05, 0.1) is 6.61 Å². The molecule has 0 rings (SSSR count). The van der Waals surface area contributed by atoms with Crippen molar-refractivity contribution in [2.75, 3.05) is 6.61 Å². The molecule has 0 aromatic rings. The van der Waals surface area contributed by atoms with Gasteiger partial charge in [0, 0.05) is 0 Å². The molecule has 0 aromatic heterocycles. The van der Waals surface area contributed by atoms with E-state index in [1.54, 1.807) is 0 Å². The lowest BCUT2D eigenvalue weighted by molar-refractivity contribution is -0.157. The minimum Gasteiger partial charge on any atom is -0.481 e. The van der Waals surface area contributed by atoms with Crippen LogP contribution in [0.1, 0.15) is 78.1 Å². The van der Waals surface area contributed by atoms with Crippen molar-refractivity contribution in [2.45, 2.75) is 78.1 Å². The zero-order valence-corrected chi connectivity index (χ0v) is 13.0. The average Bonchev–Trinajstić information content (AvgIpc) is 2.43. The summed E-state index contributed by atoms with van der Waals surface area (Å²) >= 11 is 0. The first-order valence-corrected chi connectivity index (χ1v) is 7.99. The molecular weight excluding hydrogens is 256 g/mol. The van der Waals surface area contributed by atoms with Crippen molar-refractivity contribution in [1.29, 1.82) is 0 Å². The quantitative estimate of drug-likeness (QED) is 0.313. The Bertz CT molecular complexity index is 263. The van der Waals surface area contributed by atoms with Gasteiger partial charge in [0.25, 0.3) is 0 Å². The van der Waals surface area contributed by atoms with Crippen molar-refractivity contribution >= 4 is 11.9 Å². The number of esters is 1. The summed E-state index contributed by atoms with van der Waals surface area (Å²) in [6.07, 6.45) is 12.2. The van der Waals surface area contributed by atoms with E-state index in [2.05, 4.69) is 6.92 Å². The van der Waals surface area contributed by atoms with Crippen LogP contribution in [0.25, 0.3) is 0 Å². The van der Waals surface area contributed by atoms with E-state index in [4.69, 9.17) is 9.84 Å². The van der Waals surface area contributed by atoms with Crippen LogP contribution in [-0.2, 0) is 14.3 Å². The Hall–Kier alpha value is -1.06. The zero-order chi connectivity index (χ0) is 15.2. The number of carboxylic acid groups (broad SMARTS) is 1. The van der Waals surface area contributed by atoms with Gasteiger partial charge in [0.15, 0.2) is 5.92 Å². The molecule has 0 saturated carbocycles. The summed E-state index contributed by atoms with van der Waals surface area (Å²) in [5.41, 5.74) is 0. The first kappa shape index (κ1) is 18.9. The molecule has 0 spiro atoms. The van der Waals surface area contributed by atoms with Crippen LogP contribution in [0.3, 0.4) is 0 Å². The van der Waals surface area contributed by atoms with Gasteiger partial charge in [-0.2, -0.15) is 0 Å². The number of hydrogen-bond donors (Lipinski definition) is 1. The highest BCUT2D eigenvalue weighted by atomic mass is 16.5. The predicted molar refractivity (Wildman–Crippen MR) is 79.6 cm³/mol. The van der Waals surface area contributed by atoms with Crippen molar-refractivity contribution in [3.05, 3.63) is 0 Å². The van der Waals surface area contributed by atoms with Crippen molar-refractivity contribution in [3.8, 4) is 0 Å². The van der Waals surface area contributed by atoms with E-state index in [9.17, 15) is 9.59 Å². The SMILES string of the molecule is CCCCCCCCCCCCOC(=O)C(C)C(=O)O. The second-order valence-corrected chi connectivity index (χ2v) is 5.41. The minimum absolute atomic E-state index is 0.340. The number of carbonyl (C=O) groups is 2. The molecule has 118 valence electrons. The molecule has 0 fully saturated rings. The third kappa shape index (κ3) is 10.8. The van der Waals surface area contributed by atoms with Gasteiger partial charge in [0.1, 0.15) is 0 Å². The predicted octanol–water partition coefficient (Wildman–Crippen LogP) is 4.17. The third-order valence-electron chi connectivity index (χ3n) is 3.47. The number of aliphatic carboxylic acids is 1. The van der Waals surface area contributed by atoms with E-state index in [1.807, 2.05) is 0 Å². The van der Waals surface area contributed by atoms with Gasteiger partial charge in [-0.25, -0.2) is 0 Å². The van der Waals surface area contributed by atoms with Gasteiger partial charge in [-0.05, 0) is 13.3 Å². The van der Waals surface area contributed by atoms with Crippen molar-refractivity contribution in [2.24, 2.45) is 5.92 Å². The molecule has 4 heteroatoms. The molecule has 4 nitrogen and oxygen atoms in total. The summed E-state index contributed by atoms with van der Waals surface area (Å²) < 4.78 is 4.92. The summed E-state index contributed by atoms with van der Waals surface area (Å²) in [6.45, 7) is 3.92. The van der Waals surface area contributed by atoms with E-state index in [0.29, 0.717) is 6.61 Å². The highest BCUT2D eigenvalue weighted by Gasteiger charge is 2.21. The van der Waals surface area contributed by atoms with Crippen LogP contribution >= 0.6 is 0 Å². The monoisotopic (exact) mass is 286 g/mol. The fourth-order valence-electron chi connectivity index (χ4n) is 1.99.